The lowest BCUT2D eigenvalue weighted by molar-refractivity contribution is 0.620. The molecule has 0 aliphatic heterocycles. The van der Waals surface area contributed by atoms with Crippen molar-refractivity contribution in [2.45, 2.75) is 0 Å². The van der Waals surface area contributed by atoms with Gasteiger partial charge < -0.3 is 18.6 Å². The third-order valence-electron chi connectivity index (χ3n) is 9.85. The van der Waals surface area contributed by atoms with Gasteiger partial charge in [0.1, 0.15) is 16.7 Å². The van der Waals surface area contributed by atoms with Crippen LogP contribution in [0.5, 0.6) is 0 Å². The lowest BCUT2D eigenvalue weighted by Gasteiger charge is -2.30. The van der Waals surface area contributed by atoms with Crippen molar-refractivity contribution in [2.75, 3.05) is 9.80 Å². The van der Waals surface area contributed by atoms with Crippen LogP contribution in [0.1, 0.15) is 0 Å². The van der Waals surface area contributed by atoms with Crippen molar-refractivity contribution < 1.29 is 8.83 Å². The van der Waals surface area contributed by atoms with Crippen LogP contribution in [-0.4, -0.2) is 4.98 Å². The molecule has 0 amide bonds. The quantitative estimate of drug-likeness (QED) is 0.158. The second-order valence-corrected chi connectivity index (χ2v) is 13.2. The highest BCUT2D eigenvalue weighted by atomic mass is 16.3. The van der Waals surface area contributed by atoms with Gasteiger partial charge in [0.2, 0.25) is 5.89 Å². The van der Waals surface area contributed by atoms with Crippen molar-refractivity contribution in [1.82, 2.24) is 4.98 Å². The van der Waals surface area contributed by atoms with E-state index in [1.807, 2.05) is 54.6 Å². The van der Waals surface area contributed by atoms with Gasteiger partial charge in [-0.25, -0.2) is 4.98 Å². The Kier molecular flexibility index (Phi) is 7.73. The Morgan fingerprint density at radius 1 is 0.370 bits per heavy atom. The second kappa shape index (κ2) is 13.3. The lowest BCUT2D eigenvalue weighted by atomic mass is 10.0. The van der Waals surface area contributed by atoms with Gasteiger partial charge in [-0.15, -0.1) is 0 Å². The van der Waals surface area contributed by atoms with E-state index in [1.165, 1.54) is 0 Å². The molecule has 256 valence electrons. The third kappa shape index (κ3) is 5.56. The fraction of sp³-hybridized carbons (Fsp3) is 0. The summed E-state index contributed by atoms with van der Waals surface area (Å²) in [7, 11) is 0. The van der Waals surface area contributed by atoms with Crippen molar-refractivity contribution in [2.24, 2.45) is 0 Å². The number of rotatable bonds is 8. The molecule has 0 aliphatic carbocycles. The number of hydrogen-bond acceptors (Lipinski definition) is 5. The van der Waals surface area contributed by atoms with Crippen molar-refractivity contribution in [3.8, 4) is 22.6 Å². The molecule has 2 heterocycles. The van der Waals surface area contributed by atoms with E-state index < -0.39 is 0 Å². The number of para-hydroxylation sites is 4. The van der Waals surface area contributed by atoms with Gasteiger partial charge in [-0.05, 0) is 84.4 Å². The molecule has 10 rings (SSSR count). The summed E-state index contributed by atoms with van der Waals surface area (Å²) < 4.78 is 13.1. The van der Waals surface area contributed by atoms with Gasteiger partial charge >= 0.3 is 0 Å². The molecule has 0 aliphatic rings. The summed E-state index contributed by atoms with van der Waals surface area (Å²) in [5, 5.41) is 2.12. The third-order valence-corrected chi connectivity index (χ3v) is 9.85. The van der Waals surface area contributed by atoms with Gasteiger partial charge in [-0.3, -0.25) is 0 Å². The van der Waals surface area contributed by atoms with E-state index >= 15 is 0 Å². The van der Waals surface area contributed by atoms with Crippen LogP contribution in [0.25, 0.3) is 55.6 Å². The fourth-order valence-corrected chi connectivity index (χ4v) is 7.39. The predicted octanol–water partition coefficient (Wildman–Crippen LogP) is 14.0. The molecule has 0 saturated carbocycles. The standard InChI is InChI=1S/C49H33N3O2/c1-5-17-34(18-6-1)40-25-13-15-27-44(40)52(38-29-30-47-42(31-38)41-26-14-16-28-46(41)53-47)39-32-43-48(54-49(50-43)35-19-7-2-8-20-35)45(33-39)51(36-21-9-3-10-22-36)37-23-11-4-12-24-37/h1-33H. The minimum atomic E-state index is 0.563. The Labute approximate surface area is 312 Å². The number of fused-ring (bicyclic) bond motifs is 4. The summed E-state index contributed by atoms with van der Waals surface area (Å²) in [6, 6.07) is 69.1. The van der Waals surface area contributed by atoms with Crippen molar-refractivity contribution in [1.29, 1.82) is 0 Å². The number of hydrogen-bond donors (Lipinski definition) is 0. The smallest absolute Gasteiger partial charge is 0.227 e. The number of oxazole rings is 1. The summed E-state index contributed by atoms with van der Waals surface area (Å²) >= 11 is 0. The van der Waals surface area contributed by atoms with Crippen LogP contribution in [0, 0.1) is 0 Å². The van der Waals surface area contributed by atoms with Crippen LogP contribution in [0.4, 0.5) is 34.1 Å². The zero-order valence-corrected chi connectivity index (χ0v) is 29.2. The number of anilines is 6. The molecule has 0 saturated heterocycles. The first kappa shape index (κ1) is 31.4. The first-order valence-corrected chi connectivity index (χ1v) is 18.0. The minimum absolute atomic E-state index is 0.563. The number of benzene rings is 8. The molecule has 5 nitrogen and oxygen atoms in total. The molecule has 0 bridgehead atoms. The molecule has 8 aromatic carbocycles. The number of nitrogens with zero attached hydrogens (tertiary/aromatic N) is 3. The van der Waals surface area contributed by atoms with E-state index in [0.717, 1.165) is 78.3 Å². The summed E-state index contributed by atoms with van der Waals surface area (Å²) in [6.45, 7) is 0. The van der Waals surface area contributed by atoms with Gasteiger partial charge in [0.25, 0.3) is 0 Å². The zero-order valence-electron chi connectivity index (χ0n) is 29.2. The Balaban J connectivity index is 1.28. The highest BCUT2D eigenvalue weighted by Gasteiger charge is 2.25. The topological polar surface area (TPSA) is 45.7 Å². The van der Waals surface area contributed by atoms with Crippen LogP contribution >= 0.6 is 0 Å². The molecular formula is C49H33N3O2. The van der Waals surface area contributed by atoms with Crippen LogP contribution < -0.4 is 9.80 Å². The minimum Gasteiger partial charge on any atom is -0.456 e. The maximum atomic E-state index is 6.76. The van der Waals surface area contributed by atoms with E-state index in [0.29, 0.717) is 11.5 Å². The van der Waals surface area contributed by atoms with Gasteiger partial charge in [-0.1, -0.05) is 121 Å². The number of furan rings is 1. The average Bonchev–Trinajstić information content (AvgIpc) is 3.85. The van der Waals surface area contributed by atoms with E-state index in [9.17, 15) is 0 Å². The zero-order chi connectivity index (χ0) is 35.8. The summed E-state index contributed by atoms with van der Waals surface area (Å²) in [6.07, 6.45) is 0. The van der Waals surface area contributed by atoms with Crippen LogP contribution in [0.2, 0.25) is 0 Å². The van der Waals surface area contributed by atoms with E-state index in [1.54, 1.807) is 0 Å². The maximum absolute atomic E-state index is 6.76. The van der Waals surface area contributed by atoms with Crippen LogP contribution in [0.3, 0.4) is 0 Å². The molecule has 0 spiro atoms. The molecule has 0 unspecified atom stereocenters. The largest absolute Gasteiger partial charge is 0.456 e. The summed E-state index contributed by atoms with van der Waals surface area (Å²) in [4.78, 5) is 9.75. The highest BCUT2D eigenvalue weighted by Crippen LogP contribution is 2.48. The van der Waals surface area contributed by atoms with Crippen molar-refractivity contribution in [3.63, 3.8) is 0 Å². The molecule has 5 heteroatoms. The normalized spacial score (nSPS) is 11.3. The first-order valence-electron chi connectivity index (χ1n) is 18.0. The van der Waals surface area contributed by atoms with Crippen molar-refractivity contribution >= 4 is 67.2 Å². The maximum Gasteiger partial charge on any atom is 0.227 e. The predicted molar refractivity (Wildman–Crippen MR) is 222 cm³/mol. The Bertz CT molecular complexity index is 2840. The Morgan fingerprint density at radius 2 is 0.944 bits per heavy atom. The van der Waals surface area contributed by atoms with E-state index in [4.69, 9.17) is 13.8 Å². The van der Waals surface area contributed by atoms with Gasteiger partial charge in [-0.2, -0.15) is 0 Å². The monoisotopic (exact) mass is 695 g/mol. The Hall–Kier alpha value is -7.37. The Morgan fingerprint density at radius 3 is 1.67 bits per heavy atom. The van der Waals surface area contributed by atoms with Crippen LogP contribution in [0.15, 0.2) is 209 Å². The van der Waals surface area contributed by atoms with Crippen molar-refractivity contribution in [3.05, 3.63) is 200 Å². The fourth-order valence-electron chi connectivity index (χ4n) is 7.39. The molecule has 0 fully saturated rings. The lowest BCUT2D eigenvalue weighted by Crippen LogP contribution is -2.14. The molecule has 0 atom stereocenters. The average molecular weight is 696 g/mol. The van der Waals surface area contributed by atoms with E-state index in [-0.39, 0.29) is 0 Å². The molecule has 54 heavy (non-hydrogen) atoms. The van der Waals surface area contributed by atoms with Crippen LogP contribution in [-0.2, 0) is 0 Å². The van der Waals surface area contributed by atoms with Gasteiger partial charge in [0, 0.05) is 39.0 Å². The molecule has 0 N–H and O–H groups in total. The summed E-state index contributed by atoms with van der Waals surface area (Å²) in [5.74, 6) is 0.563. The summed E-state index contributed by atoms with van der Waals surface area (Å²) in [5.41, 5.74) is 12.1. The molecular weight excluding hydrogens is 663 g/mol. The highest BCUT2D eigenvalue weighted by molar-refractivity contribution is 6.07. The number of aromatic nitrogens is 1. The SMILES string of the molecule is c1ccc(-c2nc3cc(N(c4ccc5oc6ccccc6c5c4)c4ccccc4-c4ccccc4)cc(N(c4ccccc4)c4ccccc4)c3o2)cc1. The molecule has 0 radical (unpaired) electrons. The molecule has 2 aromatic heterocycles. The van der Waals surface area contributed by atoms with E-state index in [2.05, 4.69) is 155 Å². The second-order valence-electron chi connectivity index (χ2n) is 13.2. The van der Waals surface area contributed by atoms with Gasteiger partial charge in [0.05, 0.1) is 17.1 Å². The van der Waals surface area contributed by atoms with Gasteiger partial charge in [0.15, 0.2) is 5.58 Å². The first-order chi connectivity index (χ1) is 26.8. The molecule has 10 aromatic rings.